The van der Waals surface area contributed by atoms with Gasteiger partial charge in [0, 0.05) is 11.8 Å². The number of nitrogens with one attached hydrogen (secondary N) is 2. The maximum Gasteiger partial charge on any atom is 0.459 e. The molecule has 0 radical (unpaired) electrons. The maximum atomic E-state index is 13.6. The molecule has 12 nitrogen and oxygen atoms in total. The predicted octanol–water partition coefficient (Wildman–Crippen LogP) is 2.24. The Bertz CT molecular complexity index is 1210. The van der Waals surface area contributed by atoms with Crippen molar-refractivity contribution in [2.24, 2.45) is 5.92 Å². The van der Waals surface area contributed by atoms with E-state index in [2.05, 4.69) is 10.1 Å². The molecule has 0 spiro atoms. The summed E-state index contributed by atoms with van der Waals surface area (Å²) >= 11 is 0. The summed E-state index contributed by atoms with van der Waals surface area (Å²) in [6.45, 7) is 3.07. The van der Waals surface area contributed by atoms with Crippen molar-refractivity contribution in [3.05, 3.63) is 62.9 Å². The molecule has 13 heteroatoms. The standard InChI is InChI=1S/C23H30N3O9P/c1-15-11-26(23(29)24-21(15)27)19-13-31-20(34-19)14-33-36(30,35-18-9-4-3-5-10-18)25-16(2)22(28)32-12-17-7-6-8-17/h3-5,9-11,16-17,19-20H,6-8,12-14H2,1-2H3,(H,25,30)(H,24,27,29)/t16-,19+,20+,36?/m0/s1. The number of aromatic amines is 1. The minimum Gasteiger partial charge on any atom is -0.464 e. The van der Waals surface area contributed by atoms with Crippen LogP contribution in [0, 0.1) is 12.8 Å². The highest BCUT2D eigenvalue weighted by Crippen LogP contribution is 2.45. The summed E-state index contributed by atoms with van der Waals surface area (Å²) < 4.78 is 42.5. The fourth-order valence-electron chi connectivity index (χ4n) is 3.62. The molecule has 1 aromatic carbocycles. The molecule has 196 valence electrons. The van der Waals surface area contributed by atoms with Crippen LogP contribution in [0.25, 0.3) is 0 Å². The quantitative estimate of drug-likeness (QED) is 0.332. The Morgan fingerprint density at radius 1 is 1.25 bits per heavy atom. The van der Waals surface area contributed by atoms with E-state index in [-0.39, 0.29) is 19.0 Å². The van der Waals surface area contributed by atoms with Crippen molar-refractivity contribution in [3.8, 4) is 5.75 Å². The van der Waals surface area contributed by atoms with E-state index in [4.69, 9.17) is 23.3 Å². The second-order valence-electron chi connectivity index (χ2n) is 8.81. The number of rotatable bonds is 11. The van der Waals surface area contributed by atoms with Crippen molar-refractivity contribution >= 4 is 13.7 Å². The summed E-state index contributed by atoms with van der Waals surface area (Å²) in [6, 6.07) is 7.40. The van der Waals surface area contributed by atoms with E-state index in [1.807, 2.05) is 0 Å². The summed E-state index contributed by atoms with van der Waals surface area (Å²) in [5, 5.41) is 2.62. The number of ether oxygens (including phenoxy) is 3. The SMILES string of the molecule is Cc1cn([C@H]2CO[C@@H](COP(=O)(N[C@@H](C)C(=O)OCC3CCC3)Oc3ccccc3)O2)c(=O)[nH]c1=O. The summed E-state index contributed by atoms with van der Waals surface area (Å²) in [7, 11) is -4.09. The smallest absolute Gasteiger partial charge is 0.459 e. The molecule has 1 aromatic heterocycles. The van der Waals surface area contributed by atoms with Gasteiger partial charge in [-0.2, -0.15) is 5.09 Å². The first-order chi connectivity index (χ1) is 17.2. The van der Waals surface area contributed by atoms with Crippen LogP contribution in [0.15, 0.2) is 46.1 Å². The highest BCUT2D eigenvalue weighted by molar-refractivity contribution is 7.52. The van der Waals surface area contributed by atoms with Crippen LogP contribution >= 0.6 is 7.75 Å². The lowest BCUT2D eigenvalue weighted by Gasteiger charge is -2.26. The number of H-pyrrole nitrogens is 1. The van der Waals surface area contributed by atoms with E-state index in [0.29, 0.717) is 18.1 Å². The van der Waals surface area contributed by atoms with Crippen LogP contribution in [0.1, 0.15) is 38.0 Å². The van der Waals surface area contributed by atoms with Gasteiger partial charge in [0.25, 0.3) is 5.56 Å². The lowest BCUT2D eigenvalue weighted by molar-refractivity contribution is -0.147. The number of hydrogen-bond acceptors (Lipinski definition) is 9. The summed E-state index contributed by atoms with van der Waals surface area (Å²) in [5.74, 6) is 0.0709. The Kier molecular flexibility index (Phi) is 8.43. The molecule has 1 aliphatic carbocycles. The largest absolute Gasteiger partial charge is 0.464 e. The van der Waals surface area contributed by atoms with Gasteiger partial charge in [0.15, 0.2) is 12.5 Å². The number of hydrogen-bond donors (Lipinski definition) is 2. The van der Waals surface area contributed by atoms with Gasteiger partial charge in [0.1, 0.15) is 18.4 Å². The van der Waals surface area contributed by atoms with E-state index in [1.165, 1.54) is 17.7 Å². The molecule has 0 bridgehead atoms. The molecule has 4 rings (SSSR count). The van der Waals surface area contributed by atoms with Gasteiger partial charge in [-0.05, 0) is 44.7 Å². The lowest BCUT2D eigenvalue weighted by Crippen LogP contribution is -2.37. The number of aromatic nitrogens is 2. The Balaban J connectivity index is 1.39. The van der Waals surface area contributed by atoms with E-state index in [0.717, 1.165) is 19.3 Å². The average molecular weight is 523 g/mol. The minimum absolute atomic E-state index is 0.000580. The summed E-state index contributed by atoms with van der Waals surface area (Å²) in [5.41, 5.74) is -0.795. The highest BCUT2D eigenvalue weighted by Gasteiger charge is 2.36. The Hall–Kier alpha value is -2.76. The number of benzene rings is 1. The van der Waals surface area contributed by atoms with Crippen LogP contribution in [-0.2, 0) is 28.1 Å². The molecule has 2 aromatic rings. The van der Waals surface area contributed by atoms with Gasteiger partial charge in [-0.1, -0.05) is 24.6 Å². The topological polar surface area (TPSA) is 147 Å². The zero-order chi connectivity index (χ0) is 25.7. The van der Waals surface area contributed by atoms with E-state index >= 15 is 0 Å². The van der Waals surface area contributed by atoms with Gasteiger partial charge in [0.05, 0.1) is 13.2 Å². The average Bonchev–Trinajstić information content (AvgIpc) is 3.28. The van der Waals surface area contributed by atoms with E-state index in [1.54, 1.807) is 37.3 Å². The number of aryl methyl sites for hydroxylation is 1. The Morgan fingerprint density at radius 2 is 2.00 bits per heavy atom. The van der Waals surface area contributed by atoms with Crippen molar-refractivity contribution in [3.63, 3.8) is 0 Å². The van der Waals surface area contributed by atoms with Gasteiger partial charge in [-0.25, -0.2) is 9.36 Å². The van der Waals surface area contributed by atoms with Crippen LogP contribution < -0.4 is 20.9 Å². The van der Waals surface area contributed by atoms with Gasteiger partial charge < -0.3 is 18.7 Å². The minimum atomic E-state index is -4.09. The van der Waals surface area contributed by atoms with Crippen LogP contribution in [0.5, 0.6) is 5.75 Å². The molecular formula is C23H30N3O9P. The Labute approximate surface area is 207 Å². The lowest BCUT2D eigenvalue weighted by atomic mass is 9.86. The third-order valence-corrected chi connectivity index (χ3v) is 7.57. The fraction of sp³-hybridized carbons (Fsp3) is 0.522. The molecule has 1 unspecified atom stereocenters. The molecule has 1 saturated heterocycles. The molecule has 4 atom stereocenters. The van der Waals surface area contributed by atoms with Gasteiger partial charge in [-0.15, -0.1) is 0 Å². The van der Waals surface area contributed by atoms with E-state index in [9.17, 15) is 18.9 Å². The third kappa shape index (κ3) is 6.71. The number of esters is 1. The van der Waals surface area contributed by atoms with Crippen LogP contribution in [-0.4, -0.2) is 47.7 Å². The zero-order valence-corrected chi connectivity index (χ0v) is 21.0. The van der Waals surface area contributed by atoms with Gasteiger partial charge >= 0.3 is 19.4 Å². The van der Waals surface area contributed by atoms with Crippen molar-refractivity contribution < 1.29 is 32.6 Å². The first kappa shape index (κ1) is 26.3. The predicted molar refractivity (Wildman–Crippen MR) is 127 cm³/mol. The molecule has 36 heavy (non-hydrogen) atoms. The van der Waals surface area contributed by atoms with Crippen molar-refractivity contribution in [1.82, 2.24) is 14.6 Å². The molecule has 2 fully saturated rings. The molecule has 2 aliphatic rings. The number of para-hydroxylation sites is 1. The first-order valence-corrected chi connectivity index (χ1v) is 13.3. The summed E-state index contributed by atoms with van der Waals surface area (Å²) in [6.07, 6.45) is 2.77. The monoisotopic (exact) mass is 523 g/mol. The normalized spacial score (nSPS) is 22.4. The van der Waals surface area contributed by atoms with Crippen molar-refractivity contribution in [1.29, 1.82) is 0 Å². The molecular weight excluding hydrogens is 493 g/mol. The summed E-state index contributed by atoms with van der Waals surface area (Å²) in [4.78, 5) is 38.4. The van der Waals surface area contributed by atoms with Crippen LogP contribution in [0.3, 0.4) is 0 Å². The second kappa shape index (κ2) is 11.5. The van der Waals surface area contributed by atoms with E-state index < -0.39 is 43.5 Å². The molecule has 1 saturated carbocycles. The number of carbonyl (C=O) groups is 1. The molecule has 2 N–H and O–H groups in total. The Morgan fingerprint density at radius 3 is 2.69 bits per heavy atom. The molecule has 1 aliphatic heterocycles. The van der Waals surface area contributed by atoms with Crippen molar-refractivity contribution in [2.45, 2.75) is 51.7 Å². The third-order valence-electron chi connectivity index (χ3n) is 5.93. The fourth-order valence-corrected chi connectivity index (χ4v) is 5.10. The van der Waals surface area contributed by atoms with Gasteiger partial charge in [-0.3, -0.25) is 23.7 Å². The van der Waals surface area contributed by atoms with Crippen LogP contribution in [0.2, 0.25) is 0 Å². The molecule has 0 amide bonds. The van der Waals surface area contributed by atoms with Crippen LogP contribution in [0.4, 0.5) is 0 Å². The second-order valence-corrected chi connectivity index (χ2v) is 10.5. The maximum absolute atomic E-state index is 13.6. The van der Waals surface area contributed by atoms with Crippen molar-refractivity contribution in [2.75, 3.05) is 19.8 Å². The highest BCUT2D eigenvalue weighted by atomic mass is 31.2. The van der Waals surface area contributed by atoms with Gasteiger partial charge in [0.2, 0.25) is 0 Å². The number of carbonyl (C=O) groups excluding carboxylic acids is 1. The number of nitrogens with zero attached hydrogens (tertiary/aromatic N) is 1. The zero-order valence-electron chi connectivity index (χ0n) is 20.1. The molecule has 2 heterocycles. The first-order valence-electron chi connectivity index (χ1n) is 11.8.